The Morgan fingerprint density at radius 3 is 2.22 bits per heavy atom. The standard InChI is InChI=1S/C5H9NO.CH4S/c1-6-4-2-3-5(6)7;1-2/h2-4H2,1H3;2H,1H3. The summed E-state index contributed by atoms with van der Waals surface area (Å²) in [5.41, 5.74) is 0. The molecule has 0 saturated carbocycles. The quantitative estimate of drug-likeness (QED) is 0.502. The Bertz CT molecular complexity index is 95.1. The summed E-state index contributed by atoms with van der Waals surface area (Å²) in [6.07, 6.45) is 3.51. The van der Waals surface area contributed by atoms with Crippen molar-refractivity contribution in [2.45, 2.75) is 12.8 Å². The molecule has 0 atom stereocenters. The first-order valence-corrected chi connectivity index (χ1v) is 3.89. The maximum Gasteiger partial charge on any atom is 0.222 e. The smallest absolute Gasteiger partial charge is 0.222 e. The molecule has 1 fully saturated rings. The summed E-state index contributed by atoms with van der Waals surface area (Å²) in [4.78, 5) is 12.3. The van der Waals surface area contributed by atoms with E-state index in [1.165, 1.54) is 0 Å². The summed E-state index contributed by atoms with van der Waals surface area (Å²) in [6.45, 7) is 0.957. The van der Waals surface area contributed by atoms with E-state index in [1.54, 1.807) is 11.2 Å². The average Bonchev–Trinajstić information content (AvgIpc) is 2.23. The molecular weight excluding hydrogens is 134 g/mol. The second-order valence-electron chi connectivity index (χ2n) is 1.92. The molecule has 0 aromatic rings. The van der Waals surface area contributed by atoms with Gasteiger partial charge < -0.3 is 4.90 Å². The maximum absolute atomic E-state index is 10.5. The summed E-state index contributed by atoms with van der Waals surface area (Å²) in [7, 11) is 1.84. The number of thiol groups is 1. The minimum absolute atomic E-state index is 0.292. The number of hydrogen-bond donors (Lipinski definition) is 1. The highest BCUT2D eigenvalue weighted by molar-refractivity contribution is 7.79. The second kappa shape index (κ2) is 4.68. The Labute approximate surface area is 61.6 Å². The predicted molar refractivity (Wildman–Crippen MR) is 41.8 cm³/mol. The number of carbonyl (C=O) groups is 1. The first-order valence-electron chi connectivity index (χ1n) is 2.99. The zero-order chi connectivity index (χ0) is 7.28. The summed E-state index contributed by atoms with van der Waals surface area (Å²) in [5.74, 6) is 0.292. The normalized spacial score (nSPS) is 17.2. The van der Waals surface area contributed by atoms with E-state index >= 15 is 0 Å². The molecule has 0 aromatic heterocycles. The fourth-order valence-corrected chi connectivity index (χ4v) is 0.783. The van der Waals surface area contributed by atoms with Gasteiger partial charge in [-0.2, -0.15) is 12.6 Å². The second-order valence-corrected chi connectivity index (χ2v) is 1.92. The number of rotatable bonds is 0. The Morgan fingerprint density at radius 1 is 1.56 bits per heavy atom. The highest BCUT2D eigenvalue weighted by Crippen LogP contribution is 2.04. The topological polar surface area (TPSA) is 20.3 Å². The highest BCUT2D eigenvalue weighted by Gasteiger charge is 2.14. The Balaban J connectivity index is 0.000000291. The Hall–Kier alpha value is -0.180. The largest absolute Gasteiger partial charge is 0.346 e. The maximum atomic E-state index is 10.5. The van der Waals surface area contributed by atoms with Crippen LogP contribution in [0.2, 0.25) is 0 Å². The van der Waals surface area contributed by atoms with E-state index < -0.39 is 0 Å². The lowest BCUT2D eigenvalue weighted by atomic mass is 10.4. The zero-order valence-corrected chi connectivity index (χ0v) is 6.82. The van der Waals surface area contributed by atoms with Gasteiger partial charge in [0.05, 0.1) is 0 Å². The lowest BCUT2D eigenvalue weighted by Crippen LogP contribution is -2.17. The third-order valence-corrected chi connectivity index (χ3v) is 1.31. The van der Waals surface area contributed by atoms with Crippen LogP contribution < -0.4 is 0 Å². The van der Waals surface area contributed by atoms with Crippen LogP contribution in [0.15, 0.2) is 0 Å². The van der Waals surface area contributed by atoms with Crippen LogP contribution in [-0.4, -0.2) is 30.7 Å². The van der Waals surface area contributed by atoms with Gasteiger partial charge in [-0.05, 0) is 12.7 Å². The summed E-state index contributed by atoms with van der Waals surface area (Å²) < 4.78 is 0. The predicted octanol–water partition coefficient (Wildman–Crippen LogP) is 0.785. The van der Waals surface area contributed by atoms with Crippen molar-refractivity contribution in [1.29, 1.82) is 0 Å². The third-order valence-electron chi connectivity index (χ3n) is 1.31. The lowest BCUT2D eigenvalue weighted by molar-refractivity contribution is -0.126. The van der Waals surface area contributed by atoms with E-state index in [-0.39, 0.29) is 0 Å². The molecule has 1 rings (SSSR count). The molecule has 0 N–H and O–H groups in total. The molecule has 54 valence electrons. The average molecular weight is 147 g/mol. The van der Waals surface area contributed by atoms with Gasteiger partial charge in [-0.25, -0.2) is 0 Å². The third kappa shape index (κ3) is 2.75. The van der Waals surface area contributed by atoms with Crippen molar-refractivity contribution in [3.8, 4) is 0 Å². The fraction of sp³-hybridized carbons (Fsp3) is 0.833. The number of amides is 1. The number of carbonyl (C=O) groups excluding carboxylic acids is 1. The number of nitrogens with zero attached hydrogens (tertiary/aromatic N) is 1. The lowest BCUT2D eigenvalue weighted by Gasteiger charge is -2.03. The molecule has 1 amide bonds. The first kappa shape index (κ1) is 8.82. The van der Waals surface area contributed by atoms with E-state index in [0.717, 1.165) is 19.4 Å². The van der Waals surface area contributed by atoms with Gasteiger partial charge in [-0.15, -0.1) is 0 Å². The molecule has 1 saturated heterocycles. The van der Waals surface area contributed by atoms with Crippen LogP contribution in [0, 0.1) is 0 Å². The van der Waals surface area contributed by atoms with Crippen molar-refractivity contribution in [2.75, 3.05) is 19.8 Å². The highest BCUT2D eigenvalue weighted by atomic mass is 32.1. The molecule has 0 aromatic carbocycles. The van der Waals surface area contributed by atoms with E-state index in [1.807, 2.05) is 7.05 Å². The molecular formula is C6H13NOS. The monoisotopic (exact) mass is 147 g/mol. The van der Waals surface area contributed by atoms with E-state index in [2.05, 4.69) is 12.6 Å². The molecule has 0 radical (unpaired) electrons. The van der Waals surface area contributed by atoms with Gasteiger partial charge in [-0.1, -0.05) is 0 Å². The summed E-state index contributed by atoms with van der Waals surface area (Å²) >= 11 is 3.53. The van der Waals surface area contributed by atoms with Crippen LogP contribution in [0.1, 0.15) is 12.8 Å². The molecule has 1 aliphatic rings. The first-order chi connectivity index (χ1) is 4.30. The molecule has 0 aliphatic carbocycles. The van der Waals surface area contributed by atoms with E-state index in [0.29, 0.717) is 5.91 Å². The van der Waals surface area contributed by atoms with Crippen LogP contribution in [0.3, 0.4) is 0 Å². The van der Waals surface area contributed by atoms with Crippen LogP contribution in [0.4, 0.5) is 0 Å². The van der Waals surface area contributed by atoms with Crippen molar-refractivity contribution in [1.82, 2.24) is 4.90 Å². The van der Waals surface area contributed by atoms with Crippen molar-refractivity contribution < 1.29 is 4.79 Å². The van der Waals surface area contributed by atoms with Crippen molar-refractivity contribution >= 4 is 18.5 Å². The minimum Gasteiger partial charge on any atom is -0.346 e. The van der Waals surface area contributed by atoms with Crippen molar-refractivity contribution in [3.05, 3.63) is 0 Å². The SMILES string of the molecule is CN1CCCC1=O.CS. The molecule has 1 heterocycles. The summed E-state index contributed by atoms with van der Waals surface area (Å²) in [6, 6.07) is 0. The van der Waals surface area contributed by atoms with Crippen LogP contribution >= 0.6 is 12.6 Å². The molecule has 1 aliphatic heterocycles. The van der Waals surface area contributed by atoms with Gasteiger partial charge in [0.1, 0.15) is 0 Å². The van der Waals surface area contributed by atoms with Crippen molar-refractivity contribution in [3.63, 3.8) is 0 Å². The van der Waals surface area contributed by atoms with Gasteiger partial charge in [0.15, 0.2) is 0 Å². The minimum atomic E-state index is 0.292. The van der Waals surface area contributed by atoms with Crippen LogP contribution in [0.5, 0.6) is 0 Å². The molecule has 0 bridgehead atoms. The summed E-state index contributed by atoms with van der Waals surface area (Å²) in [5, 5.41) is 0. The van der Waals surface area contributed by atoms with Gasteiger partial charge >= 0.3 is 0 Å². The number of hydrogen-bond acceptors (Lipinski definition) is 2. The molecule has 2 nitrogen and oxygen atoms in total. The molecule has 3 heteroatoms. The molecule has 9 heavy (non-hydrogen) atoms. The Morgan fingerprint density at radius 2 is 2.11 bits per heavy atom. The fourth-order valence-electron chi connectivity index (χ4n) is 0.783. The zero-order valence-electron chi connectivity index (χ0n) is 5.92. The van der Waals surface area contributed by atoms with Gasteiger partial charge in [0.25, 0.3) is 0 Å². The van der Waals surface area contributed by atoms with Crippen LogP contribution in [-0.2, 0) is 4.79 Å². The van der Waals surface area contributed by atoms with Gasteiger partial charge in [0.2, 0.25) is 5.91 Å². The number of likely N-dealkylation sites (tertiary alicyclic amines) is 1. The van der Waals surface area contributed by atoms with E-state index in [9.17, 15) is 4.79 Å². The van der Waals surface area contributed by atoms with Gasteiger partial charge in [0, 0.05) is 20.0 Å². The van der Waals surface area contributed by atoms with Crippen LogP contribution in [0.25, 0.3) is 0 Å². The van der Waals surface area contributed by atoms with Gasteiger partial charge in [-0.3, -0.25) is 4.79 Å². The molecule has 0 unspecified atom stereocenters. The van der Waals surface area contributed by atoms with Crippen molar-refractivity contribution in [2.24, 2.45) is 0 Å². The molecule has 0 spiro atoms. The Kier molecular flexibility index (Phi) is 4.58. The van der Waals surface area contributed by atoms with E-state index in [4.69, 9.17) is 0 Å².